The second-order valence-electron chi connectivity index (χ2n) is 6.15. The number of hydrogen-bond acceptors (Lipinski definition) is 6. The van der Waals surface area contributed by atoms with Gasteiger partial charge in [0.1, 0.15) is 23.5 Å². The van der Waals surface area contributed by atoms with Crippen LogP contribution in [0.3, 0.4) is 0 Å². The lowest BCUT2D eigenvalue weighted by molar-refractivity contribution is 0.411. The molecule has 0 aliphatic carbocycles. The van der Waals surface area contributed by atoms with Gasteiger partial charge < -0.3 is 15.5 Å². The van der Waals surface area contributed by atoms with Crippen molar-refractivity contribution in [3.63, 3.8) is 0 Å². The third-order valence-electron chi connectivity index (χ3n) is 4.64. The molecule has 4 heterocycles. The Kier molecular flexibility index (Phi) is 3.14. The van der Waals surface area contributed by atoms with E-state index in [-0.39, 0.29) is 11.2 Å². The Bertz CT molecular complexity index is 1400. The van der Waals surface area contributed by atoms with Gasteiger partial charge in [0.15, 0.2) is 5.75 Å². The van der Waals surface area contributed by atoms with Crippen molar-refractivity contribution in [2.45, 2.75) is 0 Å². The Morgan fingerprint density at radius 2 is 1.96 bits per heavy atom. The fourth-order valence-corrected chi connectivity index (χ4v) is 3.31. The minimum Gasteiger partial charge on any atom is -0.493 e. The van der Waals surface area contributed by atoms with E-state index >= 15 is 0 Å². The zero-order chi connectivity index (χ0) is 18.5. The minimum absolute atomic E-state index is 0.208. The van der Waals surface area contributed by atoms with Crippen molar-refractivity contribution >= 4 is 38.5 Å². The Morgan fingerprint density at radius 1 is 1.07 bits per heavy atom. The normalized spacial score (nSPS) is 11.4. The molecule has 0 radical (unpaired) electrons. The number of nitrogen functional groups attached to an aromatic ring is 1. The first-order chi connectivity index (χ1) is 13.2. The molecule has 5 rings (SSSR count). The van der Waals surface area contributed by atoms with Crippen LogP contribution in [0.15, 0.2) is 54.0 Å². The van der Waals surface area contributed by atoms with Crippen LogP contribution in [0, 0.1) is 0 Å². The van der Waals surface area contributed by atoms with Crippen LogP contribution >= 0.6 is 0 Å². The number of pyridine rings is 3. The van der Waals surface area contributed by atoms with Crippen LogP contribution in [0.4, 0.5) is 5.82 Å². The molecule has 4 aromatic heterocycles. The van der Waals surface area contributed by atoms with Gasteiger partial charge in [-0.25, -0.2) is 4.98 Å². The Hall–Kier alpha value is -3.94. The zero-order valence-electron chi connectivity index (χ0n) is 14.3. The first-order valence-corrected chi connectivity index (χ1v) is 8.22. The number of nitrogens with zero attached hydrogens (tertiary/aromatic N) is 4. The molecule has 0 bridgehead atoms. The molecule has 0 spiro atoms. The largest absolute Gasteiger partial charge is 0.493 e. The number of aromatic nitrogens is 5. The topological polar surface area (TPSA) is 112 Å². The smallest absolute Gasteiger partial charge is 0.222 e. The molecule has 3 N–H and O–H groups in total. The number of nitrogens with two attached hydrogens (primary N) is 1. The molecule has 1 aromatic carbocycles. The number of fused-ring (bicyclic) bond motifs is 4. The van der Waals surface area contributed by atoms with Gasteiger partial charge >= 0.3 is 0 Å². The SMILES string of the molecule is COc1cc2c(cc1=O)ncc1c(N)[nH]c(-n3cnc4cnccc43)cc12. The lowest BCUT2D eigenvalue weighted by Crippen LogP contribution is -2.05. The molecule has 0 aliphatic heterocycles. The molecule has 5 aromatic rings. The van der Waals surface area contributed by atoms with E-state index in [4.69, 9.17) is 10.5 Å². The summed E-state index contributed by atoms with van der Waals surface area (Å²) >= 11 is 0. The van der Waals surface area contributed by atoms with E-state index in [1.54, 1.807) is 31.0 Å². The van der Waals surface area contributed by atoms with Crippen molar-refractivity contribution in [2.75, 3.05) is 12.8 Å². The number of anilines is 1. The maximum atomic E-state index is 12.1. The van der Waals surface area contributed by atoms with Crippen molar-refractivity contribution in [3.8, 4) is 11.6 Å². The highest BCUT2D eigenvalue weighted by molar-refractivity contribution is 6.09. The fraction of sp³-hybridized carbons (Fsp3) is 0.0526. The van der Waals surface area contributed by atoms with Crippen LogP contribution in [0.2, 0.25) is 0 Å². The molecule has 0 fully saturated rings. The number of ether oxygens (including phenoxy) is 1. The summed E-state index contributed by atoms with van der Waals surface area (Å²) in [6, 6.07) is 7.01. The number of benzene rings is 1. The van der Waals surface area contributed by atoms with Gasteiger partial charge in [0.25, 0.3) is 0 Å². The molecule has 0 saturated heterocycles. The number of hydrogen-bond donors (Lipinski definition) is 2. The Labute approximate surface area is 152 Å². The molecule has 0 saturated carbocycles. The number of methoxy groups -OCH3 is 1. The van der Waals surface area contributed by atoms with Crippen molar-refractivity contribution in [1.82, 2.24) is 24.5 Å². The third-order valence-corrected chi connectivity index (χ3v) is 4.64. The van der Waals surface area contributed by atoms with E-state index in [0.717, 1.165) is 33.0 Å². The first kappa shape index (κ1) is 15.3. The number of nitrogens with one attached hydrogen (secondary N) is 1. The highest BCUT2D eigenvalue weighted by atomic mass is 16.5. The predicted octanol–water partition coefficient (Wildman–Crippen LogP) is 2.40. The van der Waals surface area contributed by atoms with E-state index in [9.17, 15) is 4.79 Å². The molecule has 8 heteroatoms. The van der Waals surface area contributed by atoms with Crippen molar-refractivity contribution in [3.05, 3.63) is 59.4 Å². The van der Waals surface area contributed by atoms with Gasteiger partial charge in [0, 0.05) is 29.2 Å². The lowest BCUT2D eigenvalue weighted by atomic mass is 10.1. The van der Waals surface area contributed by atoms with Crippen LogP contribution in [0.25, 0.3) is 38.5 Å². The van der Waals surface area contributed by atoms with Crippen LogP contribution < -0.4 is 15.9 Å². The lowest BCUT2D eigenvalue weighted by Gasteiger charge is -2.11. The summed E-state index contributed by atoms with van der Waals surface area (Å²) < 4.78 is 7.09. The van der Waals surface area contributed by atoms with Gasteiger partial charge in [-0.3, -0.25) is 19.3 Å². The van der Waals surface area contributed by atoms with Crippen molar-refractivity contribution < 1.29 is 4.74 Å². The molecule has 0 unspecified atom stereocenters. The number of imidazole rings is 1. The zero-order valence-corrected chi connectivity index (χ0v) is 14.3. The van der Waals surface area contributed by atoms with Gasteiger partial charge in [0.2, 0.25) is 5.43 Å². The maximum absolute atomic E-state index is 12.1. The summed E-state index contributed by atoms with van der Waals surface area (Å²) in [6.07, 6.45) is 6.79. The highest BCUT2D eigenvalue weighted by Gasteiger charge is 2.12. The van der Waals surface area contributed by atoms with Gasteiger partial charge in [-0.1, -0.05) is 0 Å². The van der Waals surface area contributed by atoms with Gasteiger partial charge in [-0.2, -0.15) is 0 Å². The van der Waals surface area contributed by atoms with E-state index in [1.165, 1.54) is 13.2 Å². The second-order valence-corrected chi connectivity index (χ2v) is 6.15. The summed E-state index contributed by atoms with van der Waals surface area (Å²) in [5.74, 6) is 1.48. The average Bonchev–Trinajstić information content (AvgIpc) is 3.11. The Morgan fingerprint density at radius 3 is 2.81 bits per heavy atom. The van der Waals surface area contributed by atoms with Crippen LogP contribution in [0.1, 0.15) is 0 Å². The highest BCUT2D eigenvalue weighted by Crippen LogP contribution is 2.30. The maximum Gasteiger partial charge on any atom is 0.222 e. The molecule has 132 valence electrons. The summed E-state index contributed by atoms with van der Waals surface area (Å²) in [6.45, 7) is 0. The van der Waals surface area contributed by atoms with E-state index in [1.807, 2.05) is 16.7 Å². The van der Waals surface area contributed by atoms with E-state index in [2.05, 4.69) is 19.9 Å². The average molecular weight is 358 g/mol. The van der Waals surface area contributed by atoms with Gasteiger partial charge in [0.05, 0.1) is 24.3 Å². The molecule has 0 amide bonds. The standard InChI is InChI=1S/C19H14N6O2/c1-27-17-4-11-10-5-18(25-9-23-14-8-21-3-2-15(14)25)24-19(20)12(10)7-22-13(11)6-16(17)26/h2-9,24H,20H2,1H3. The van der Waals surface area contributed by atoms with Crippen LogP contribution in [-0.4, -0.2) is 31.6 Å². The van der Waals surface area contributed by atoms with Gasteiger partial charge in [-0.05, 0) is 23.6 Å². The Balaban J connectivity index is 1.87. The quantitative estimate of drug-likeness (QED) is 0.469. The van der Waals surface area contributed by atoms with Crippen molar-refractivity contribution in [2.24, 2.45) is 0 Å². The van der Waals surface area contributed by atoms with Crippen LogP contribution in [-0.2, 0) is 0 Å². The molecular formula is C19H14N6O2. The monoisotopic (exact) mass is 358 g/mol. The number of H-pyrrole nitrogens is 1. The summed E-state index contributed by atoms with van der Waals surface area (Å²) in [5.41, 5.74) is 8.32. The van der Waals surface area contributed by atoms with Crippen LogP contribution in [0.5, 0.6) is 5.75 Å². The summed E-state index contributed by atoms with van der Waals surface area (Å²) in [4.78, 5) is 28.1. The predicted molar refractivity (Wildman–Crippen MR) is 103 cm³/mol. The first-order valence-electron chi connectivity index (χ1n) is 8.22. The molecule has 27 heavy (non-hydrogen) atoms. The van der Waals surface area contributed by atoms with Crippen molar-refractivity contribution in [1.29, 1.82) is 0 Å². The molecule has 0 atom stereocenters. The van der Waals surface area contributed by atoms with Gasteiger partial charge in [-0.15, -0.1) is 0 Å². The number of aromatic amines is 1. The summed E-state index contributed by atoms with van der Waals surface area (Å²) in [7, 11) is 1.47. The minimum atomic E-state index is -0.208. The van der Waals surface area contributed by atoms with E-state index < -0.39 is 0 Å². The van der Waals surface area contributed by atoms with E-state index in [0.29, 0.717) is 11.3 Å². The molecule has 0 aliphatic rings. The third kappa shape index (κ3) is 2.23. The molecular weight excluding hydrogens is 344 g/mol. The number of rotatable bonds is 2. The molecule has 8 nitrogen and oxygen atoms in total. The fourth-order valence-electron chi connectivity index (χ4n) is 3.31. The second kappa shape index (κ2) is 5.53. The summed E-state index contributed by atoms with van der Waals surface area (Å²) in [5, 5.41) is 2.41.